The molecule has 0 spiro atoms. The van der Waals surface area contributed by atoms with Gasteiger partial charge in [-0.2, -0.15) is 4.31 Å². The lowest BCUT2D eigenvalue weighted by molar-refractivity contribution is -0.125. The highest BCUT2D eigenvalue weighted by Gasteiger charge is 2.44. The van der Waals surface area contributed by atoms with Crippen molar-refractivity contribution in [2.45, 2.75) is 42.7 Å². The van der Waals surface area contributed by atoms with E-state index in [1.165, 1.54) is 16.4 Å². The molecule has 2 fully saturated rings. The van der Waals surface area contributed by atoms with Crippen LogP contribution >= 0.6 is 11.3 Å². The number of carbonyl (C=O) groups is 1. The number of nitrogens with zero attached hydrogens (tertiary/aromatic N) is 1. The predicted molar refractivity (Wildman–Crippen MR) is 90.5 cm³/mol. The van der Waals surface area contributed by atoms with Gasteiger partial charge in [0, 0.05) is 12.6 Å². The number of sulfonamides is 1. The van der Waals surface area contributed by atoms with Gasteiger partial charge in [-0.1, -0.05) is 11.3 Å². The molecule has 2 N–H and O–H groups in total. The summed E-state index contributed by atoms with van der Waals surface area (Å²) in [5.41, 5.74) is 0.623. The number of thiazole rings is 1. The Morgan fingerprint density at radius 3 is 2.83 bits per heavy atom. The second-order valence-corrected chi connectivity index (χ2v) is 9.05. The van der Waals surface area contributed by atoms with E-state index >= 15 is 0 Å². The maximum absolute atomic E-state index is 13.2. The van der Waals surface area contributed by atoms with Gasteiger partial charge in [-0.25, -0.2) is 8.42 Å². The molecule has 2 saturated heterocycles. The number of nitrogens with one attached hydrogen (secondary N) is 2. The third-order valence-corrected chi connectivity index (χ3v) is 7.53. The summed E-state index contributed by atoms with van der Waals surface area (Å²) in [5, 5.41) is 2.81. The fourth-order valence-corrected chi connectivity index (χ4v) is 6.37. The minimum atomic E-state index is -3.80. The summed E-state index contributed by atoms with van der Waals surface area (Å²) in [4.78, 5) is 26.3. The van der Waals surface area contributed by atoms with E-state index < -0.39 is 16.1 Å². The summed E-state index contributed by atoms with van der Waals surface area (Å²) in [6.45, 7) is 0.504. The molecule has 1 aromatic carbocycles. The highest BCUT2D eigenvalue weighted by molar-refractivity contribution is 7.89. The Labute approximate surface area is 142 Å². The molecule has 2 aromatic rings. The van der Waals surface area contributed by atoms with E-state index in [-0.39, 0.29) is 21.7 Å². The first-order chi connectivity index (χ1) is 11.5. The summed E-state index contributed by atoms with van der Waals surface area (Å²) in [7, 11) is -3.80. The van der Waals surface area contributed by atoms with Gasteiger partial charge in [-0.3, -0.25) is 9.59 Å². The van der Waals surface area contributed by atoms with Crippen LogP contribution in [0.5, 0.6) is 0 Å². The molecule has 7 nitrogen and oxygen atoms in total. The monoisotopic (exact) mass is 367 g/mol. The van der Waals surface area contributed by atoms with Gasteiger partial charge in [0.15, 0.2) is 0 Å². The molecular formula is C15H17N3O4S2. The van der Waals surface area contributed by atoms with Crippen LogP contribution in [0.25, 0.3) is 10.2 Å². The molecule has 2 atom stereocenters. The number of amides is 1. The number of hydrogen-bond acceptors (Lipinski definition) is 5. The van der Waals surface area contributed by atoms with Crippen LogP contribution in [0.2, 0.25) is 0 Å². The lowest BCUT2D eigenvalue weighted by Gasteiger charge is -2.37. The van der Waals surface area contributed by atoms with Crippen LogP contribution in [0.4, 0.5) is 0 Å². The van der Waals surface area contributed by atoms with Crippen LogP contribution in [-0.4, -0.2) is 42.2 Å². The van der Waals surface area contributed by atoms with E-state index in [2.05, 4.69) is 10.3 Å². The Morgan fingerprint density at radius 2 is 2.00 bits per heavy atom. The number of aromatic amines is 1. The lowest BCUT2D eigenvalue weighted by Crippen LogP contribution is -2.53. The van der Waals surface area contributed by atoms with Crippen LogP contribution in [0, 0.1) is 0 Å². The van der Waals surface area contributed by atoms with Crippen molar-refractivity contribution in [3.05, 3.63) is 27.9 Å². The van der Waals surface area contributed by atoms with Crippen molar-refractivity contribution in [2.24, 2.45) is 0 Å². The molecule has 24 heavy (non-hydrogen) atoms. The number of carbonyl (C=O) groups excluding carboxylic acids is 1. The maximum Gasteiger partial charge on any atom is 0.305 e. The molecule has 2 aliphatic rings. The van der Waals surface area contributed by atoms with Crippen LogP contribution < -0.4 is 10.2 Å². The van der Waals surface area contributed by atoms with Crippen molar-refractivity contribution in [1.82, 2.24) is 14.6 Å². The fraction of sp³-hybridized carbons (Fsp3) is 0.467. The average Bonchev–Trinajstić information content (AvgIpc) is 2.89. The van der Waals surface area contributed by atoms with Crippen molar-refractivity contribution >= 4 is 37.5 Å². The molecule has 128 valence electrons. The van der Waals surface area contributed by atoms with E-state index in [0.717, 1.165) is 24.2 Å². The molecule has 2 bridgehead atoms. The number of hydrogen-bond donors (Lipinski definition) is 2. The average molecular weight is 367 g/mol. The van der Waals surface area contributed by atoms with E-state index in [1.54, 1.807) is 6.07 Å². The Balaban J connectivity index is 1.82. The van der Waals surface area contributed by atoms with Crippen molar-refractivity contribution in [3.8, 4) is 0 Å². The van der Waals surface area contributed by atoms with Gasteiger partial charge >= 0.3 is 4.87 Å². The highest BCUT2D eigenvalue weighted by Crippen LogP contribution is 2.33. The lowest BCUT2D eigenvalue weighted by atomic mass is 9.98. The number of benzene rings is 1. The van der Waals surface area contributed by atoms with Crippen molar-refractivity contribution in [3.63, 3.8) is 0 Å². The number of H-pyrrole nitrogens is 1. The fourth-order valence-electron chi connectivity index (χ4n) is 3.63. The second-order valence-electron chi connectivity index (χ2n) is 6.19. The number of rotatable bonds is 2. The van der Waals surface area contributed by atoms with Crippen LogP contribution in [0.15, 0.2) is 27.9 Å². The van der Waals surface area contributed by atoms with Crippen molar-refractivity contribution in [2.75, 3.05) is 6.54 Å². The zero-order chi connectivity index (χ0) is 16.9. The summed E-state index contributed by atoms with van der Waals surface area (Å²) in [5.74, 6) is -0.215. The predicted octanol–water partition coefficient (Wildman–Crippen LogP) is 1.02. The van der Waals surface area contributed by atoms with Crippen LogP contribution in [0.1, 0.15) is 25.7 Å². The first-order valence-corrected chi connectivity index (χ1v) is 10.2. The third kappa shape index (κ3) is 2.47. The molecular weight excluding hydrogens is 350 g/mol. The van der Waals surface area contributed by atoms with Crippen molar-refractivity contribution < 1.29 is 13.2 Å². The molecule has 2 aliphatic heterocycles. The summed E-state index contributed by atoms with van der Waals surface area (Å²) in [6.07, 6.45) is 2.79. The topological polar surface area (TPSA) is 99.3 Å². The summed E-state index contributed by atoms with van der Waals surface area (Å²) in [6, 6.07) is 3.82. The van der Waals surface area contributed by atoms with E-state index in [0.29, 0.717) is 29.6 Å². The van der Waals surface area contributed by atoms with Gasteiger partial charge in [0.1, 0.15) is 6.04 Å². The van der Waals surface area contributed by atoms with Gasteiger partial charge in [-0.15, -0.1) is 0 Å². The third-order valence-electron chi connectivity index (χ3n) is 4.73. The molecule has 0 radical (unpaired) electrons. The maximum atomic E-state index is 13.2. The smallest absolute Gasteiger partial charge is 0.305 e. The Hall–Kier alpha value is -1.71. The number of aromatic nitrogens is 1. The molecule has 0 aliphatic carbocycles. The zero-order valence-corrected chi connectivity index (χ0v) is 14.5. The molecule has 1 aromatic heterocycles. The number of fused-ring (bicyclic) bond motifs is 3. The molecule has 1 amide bonds. The van der Waals surface area contributed by atoms with Gasteiger partial charge in [0.2, 0.25) is 15.9 Å². The molecule has 0 saturated carbocycles. The Bertz CT molecular complexity index is 962. The van der Waals surface area contributed by atoms with Gasteiger partial charge in [-0.05, 0) is 43.9 Å². The van der Waals surface area contributed by atoms with Gasteiger partial charge < -0.3 is 10.3 Å². The molecule has 0 unspecified atom stereocenters. The minimum Gasteiger partial charge on any atom is -0.355 e. The minimum absolute atomic E-state index is 0.136. The van der Waals surface area contributed by atoms with Gasteiger partial charge in [0.25, 0.3) is 0 Å². The highest BCUT2D eigenvalue weighted by atomic mass is 32.2. The first kappa shape index (κ1) is 15.8. The standard InChI is InChI=1S/C15H17N3O4S2/c19-14-12-3-1-2-9(6-7-16-14)18(12)24(21,22)10-4-5-11-13(8-10)23-15(20)17-11/h4-5,8-9,12H,1-3,6-7H2,(H,16,19)(H,17,20)/t9-,12+/m1/s1. The SMILES string of the molecule is O=C1NCC[C@H]2CCC[C@@H]1N2S(=O)(=O)c1ccc2[nH]c(=O)sc2c1. The largest absolute Gasteiger partial charge is 0.355 e. The molecule has 3 heterocycles. The normalized spacial score (nSPS) is 25.4. The van der Waals surface area contributed by atoms with Crippen LogP contribution in [-0.2, 0) is 14.8 Å². The van der Waals surface area contributed by atoms with E-state index in [4.69, 9.17) is 0 Å². The van der Waals surface area contributed by atoms with Gasteiger partial charge in [0.05, 0.1) is 15.1 Å². The molecule has 4 rings (SSSR count). The Morgan fingerprint density at radius 1 is 1.17 bits per heavy atom. The summed E-state index contributed by atoms with van der Waals surface area (Å²) >= 11 is 0.982. The van der Waals surface area contributed by atoms with Crippen molar-refractivity contribution in [1.29, 1.82) is 0 Å². The number of piperidine rings is 1. The molecule has 9 heteroatoms. The van der Waals surface area contributed by atoms with E-state index in [9.17, 15) is 18.0 Å². The quantitative estimate of drug-likeness (QED) is 0.828. The zero-order valence-electron chi connectivity index (χ0n) is 12.8. The van der Waals surface area contributed by atoms with Crippen LogP contribution in [0.3, 0.4) is 0 Å². The summed E-state index contributed by atoms with van der Waals surface area (Å²) < 4.78 is 28.4. The second kappa shape index (κ2) is 5.68. The first-order valence-electron chi connectivity index (χ1n) is 7.91. The van der Waals surface area contributed by atoms with E-state index in [1.807, 2.05) is 0 Å². The Kier molecular flexibility index (Phi) is 3.74.